The maximum atomic E-state index is 6.29. The van der Waals surface area contributed by atoms with Crippen molar-refractivity contribution in [1.82, 2.24) is 4.90 Å². The van der Waals surface area contributed by atoms with Crippen molar-refractivity contribution in [3.63, 3.8) is 0 Å². The molecule has 1 saturated heterocycles. The minimum Gasteiger partial charge on any atom is -0.323 e. The summed E-state index contributed by atoms with van der Waals surface area (Å²) in [6, 6.07) is 8.79. The van der Waals surface area contributed by atoms with Gasteiger partial charge in [0, 0.05) is 12.6 Å². The van der Waals surface area contributed by atoms with Crippen LogP contribution in [0.3, 0.4) is 0 Å². The van der Waals surface area contributed by atoms with Gasteiger partial charge in [0.05, 0.1) is 0 Å². The van der Waals surface area contributed by atoms with E-state index in [4.69, 9.17) is 5.73 Å². The van der Waals surface area contributed by atoms with Crippen LogP contribution >= 0.6 is 0 Å². The first-order valence-electron chi connectivity index (χ1n) is 6.80. The van der Waals surface area contributed by atoms with Crippen LogP contribution in [0.25, 0.3) is 0 Å². The van der Waals surface area contributed by atoms with Gasteiger partial charge in [0.25, 0.3) is 0 Å². The molecule has 0 unspecified atom stereocenters. The number of aryl methyl sites for hydroxylation is 1. The first-order chi connectivity index (χ1) is 8.25. The molecule has 0 saturated carbocycles. The topological polar surface area (TPSA) is 29.3 Å². The second-order valence-electron chi connectivity index (χ2n) is 5.23. The summed E-state index contributed by atoms with van der Waals surface area (Å²) in [5.74, 6) is 0. The van der Waals surface area contributed by atoms with Gasteiger partial charge in [-0.15, -0.1) is 0 Å². The summed E-state index contributed by atoms with van der Waals surface area (Å²) in [6.07, 6.45) is 5.44. The van der Waals surface area contributed by atoms with Crippen molar-refractivity contribution in [2.75, 3.05) is 19.6 Å². The molecule has 0 amide bonds. The van der Waals surface area contributed by atoms with Crippen molar-refractivity contribution >= 4 is 0 Å². The molecule has 2 N–H and O–H groups in total. The highest BCUT2D eigenvalue weighted by molar-refractivity contribution is 5.24. The summed E-state index contributed by atoms with van der Waals surface area (Å²) in [4.78, 5) is 2.53. The Morgan fingerprint density at radius 3 is 2.24 bits per heavy atom. The molecule has 1 heterocycles. The first kappa shape index (κ1) is 12.6. The van der Waals surface area contributed by atoms with Gasteiger partial charge < -0.3 is 10.6 Å². The Labute approximate surface area is 105 Å². The molecule has 1 aliphatic heterocycles. The second kappa shape index (κ2) is 6.18. The minimum atomic E-state index is 0.161. The average Bonchev–Trinajstić information content (AvgIpc) is 2.58. The summed E-state index contributed by atoms with van der Waals surface area (Å²) in [6.45, 7) is 5.56. The third-order valence-electron chi connectivity index (χ3n) is 3.66. The minimum absolute atomic E-state index is 0.161. The Balaban J connectivity index is 1.91. The summed E-state index contributed by atoms with van der Waals surface area (Å²) < 4.78 is 0. The molecule has 0 bridgehead atoms. The van der Waals surface area contributed by atoms with E-state index in [0.717, 1.165) is 6.54 Å². The lowest BCUT2D eigenvalue weighted by Gasteiger charge is -2.24. The van der Waals surface area contributed by atoms with Gasteiger partial charge in [-0.3, -0.25) is 0 Å². The van der Waals surface area contributed by atoms with Crippen molar-refractivity contribution < 1.29 is 0 Å². The lowest BCUT2D eigenvalue weighted by atomic mass is 10.1. The molecular weight excluding hydrogens is 208 g/mol. The van der Waals surface area contributed by atoms with E-state index in [2.05, 4.69) is 36.1 Å². The molecular formula is C15H24N2. The molecule has 1 fully saturated rings. The molecule has 0 spiro atoms. The first-order valence-corrected chi connectivity index (χ1v) is 6.80. The Bertz CT molecular complexity index is 323. The monoisotopic (exact) mass is 232 g/mol. The Morgan fingerprint density at radius 2 is 1.65 bits per heavy atom. The van der Waals surface area contributed by atoms with Crippen LogP contribution in [0.15, 0.2) is 24.3 Å². The molecule has 2 rings (SSSR count). The van der Waals surface area contributed by atoms with E-state index in [-0.39, 0.29) is 6.04 Å². The molecule has 2 heteroatoms. The zero-order valence-corrected chi connectivity index (χ0v) is 10.9. The summed E-state index contributed by atoms with van der Waals surface area (Å²) >= 11 is 0. The third kappa shape index (κ3) is 3.83. The number of nitrogens with zero attached hydrogens (tertiary/aromatic N) is 1. The molecule has 94 valence electrons. The molecule has 0 radical (unpaired) electrons. The lowest BCUT2D eigenvalue weighted by molar-refractivity contribution is 0.268. The van der Waals surface area contributed by atoms with E-state index in [9.17, 15) is 0 Å². The fourth-order valence-corrected chi connectivity index (χ4v) is 2.52. The van der Waals surface area contributed by atoms with E-state index in [0.29, 0.717) is 0 Å². The van der Waals surface area contributed by atoms with Crippen molar-refractivity contribution in [2.24, 2.45) is 5.73 Å². The summed E-state index contributed by atoms with van der Waals surface area (Å²) in [5.41, 5.74) is 8.85. The molecule has 0 aliphatic carbocycles. The van der Waals surface area contributed by atoms with Crippen LogP contribution in [0.4, 0.5) is 0 Å². The van der Waals surface area contributed by atoms with E-state index >= 15 is 0 Å². The molecule has 1 atom stereocenters. The second-order valence-corrected chi connectivity index (χ2v) is 5.23. The van der Waals surface area contributed by atoms with Crippen LogP contribution in [-0.2, 0) is 0 Å². The summed E-state index contributed by atoms with van der Waals surface area (Å²) in [5, 5.41) is 0. The predicted octanol–water partition coefficient (Wildman–Crippen LogP) is 2.87. The van der Waals surface area contributed by atoms with E-state index in [1.165, 1.54) is 49.9 Å². The fourth-order valence-electron chi connectivity index (χ4n) is 2.52. The lowest BCUT2D eigenvalue weighted by Crippen LogP contribution is -2.32. The van der Waals surface area contributed by atoms with E-state index < -0.39 is 0 Å². The highest BCUT2D eigenvalue weighted by atomic mass is 15.1. The molecule has 1 aromatic carbocycles. The quantitative estimate of drug-likeness (QED) is 0.868. The van der Waals surface area contributed by atoms with Crippen molar-refractivity contribution in [2.45, 2.75) is 38.6 Å². The SMILES string of the molecule is Cc1ccc([C@H](N)CN2CCCCCC2)cc1. The van der Waals surface area contributed by atoms with E-state index in [1.54, 1.807) is 0 Å². The normalized spacial score (nSPS) is 19.9. The number of benzene rings is 1. The van der Waals surface area contributed by atoms with Crippen LogP contribution < -0.4 is 5.73 Å². The number of rotatable bonds is 3. The average molecular weight is 232 g/mol. The molecule has 17 heavy (non-hydrogen) atoms. The summed E-state index contributed by atoms with van der Waals surface area (Å²) in [7, 11) is 0. The maximum absolute atomic E-state index is 6.29. The highest BCUT2D eigenvalue weighted by Crippen LogP contribution is 2.16. The number of hydrogen-bond donors (Lipinski definition) is 1. The predicted molar refractivity (Wildman–Crippen MR) is 73.0 cm³/mol. The molecule has 1 aliphatic rings. The van der Waals surface area contributed by atoms with Crippen LogP contribution in [0.5, 0.6) is 0 Å². The van der Waals surface area contributed by atoms with Gasteiger partial charge >= 0.3 is 0 Å². The van der Waals surface area contributed by atoms with Crippen LogP contribution in [0, 0.1) is 6.92 Å². The smallest absolute Gasteiger partial charge is 0.0424 e. The van der Waals surface area contributed by atoms with Gasteiger partial charge in [0.15, 0.2) is 0 Å². The van der Waals surface area contributed by atoms with Gasteiger partial charge in [0.2, 0.25) is 0 Å². The molecule has 1 aromatic rings. The van der Waals surface area contributed by atoms with Crippen molar-refractivity contribution in [3.05, 3.63) is 35.4 Å². The zero-order valence-electron chi connectivity index (χ0n) is 10.9. The standard InChI is InChI=1S/C15H24N2/c1-13-6-8-14(9-7-13)15(16)12-17-10-4-2-3-5-11-17/h6-9,15H,2-5,10-12,16H2,1H3/t15-/m1/s1. The van der Waals surface area contributed by atoms with Gasteiger partial charge in [-0.25, -0.2) is 0 Å². The van der Waals surface area contributed by atoms with E-state index in [1.807, 2.05) is 0 Å². The largest absolute Gasteiger partial charge is 0.323 e. The van der Waals surface area contributed by atoms with Crippen LogP contribution in [-0.4, -0.2) is 24.5 Å². The van der Waals surface area contributed by atoms with Crippen molar-refractivity contribution in [1.29, 1.82) is 0 Å². The molecule has 2 nitrogen and oxygen atoms in total. The Morgan fingerprint density at radius 1 is 1.06 bits per heavy atom. The number of likely N-dealkylation sites (tertiary alicyclic amines) is 1. The van der Waals surface area contributed by atoms with Gasteiger partial charge in [-0.05, 0) is 38.4 Å². The number of hydrogen-bond acceptors (Lipinski definition) is 2. The van der Waals surface area contributed by atoms with Crippen molar-refractivity contribution in [3.8, 4) is 0 Å². The maximum Gasteiger partial charge on any atom is 0.0424 e. The fraction of sp³-hybridized carbons (Fsp3) is 0.600. The number of nitrogens with two attached hydrogens (primary N) is 1. The Hall–Kier alpha value is -0.860. The van der Waals surface area contributed by atoms with Crippen LogP contribution in [0.2, 0.25) is 0 Å². The molecule has 0 aromatic heterocycles. The van der Waals surface area contributed by atoms with Crippen LogP contribution in [0.1, 0.15) is 42.9 Å². The van der Waals surface area contributed by atoms with Gasteiger partial charge in [-0.1, -0.05) is 42.7 Å². The Kier molecular flexibility index (Phi) is 4.57. The highest BCUT2D eigenvalue weighted by Gasteiger charge is 2.13. The van der Waals surface area contributed by atoms with Gasteiger partial charge in [0.1, 0.15) is 0 Å². The third-order valence-corrected chi connectivity index (χ3v) is 3.66. The zero-order chi connectivity index (χ0) is 12.1. The van der Waals surface area contributed by atoms with Gasteiger partial charge in [-0.2, -0.15) is 0 Å².